The summed E-state index contributed by atoms with van der Waals surface area (Å²) in [6.45, 7) is 3.59. The standard InChI is InChI=1S/C16H15N3O4S/c1-3-11(14-17-8(2)23-19-14)18-15(20)13-7-10-9(16(21)22)5-4-6-12(10)24-13/h4-7,11H,3H2,1-2H3,(H,18,20)(H,21,22). The molecule has 0 saturated carbocycles. The van der Waals surface area contributed by atoms with Gasteiger partial charge in [-0.1, -0.05) is 18.1 Å². The fraction of sp³-hybridized carbons (Fsp3) is 0.250. The van der Waals surface area contributed by atoms with Gasteiger partial charge in [0.2, 0.25) is 5.89 Å². The van der Waals surface area contributed by atoms with Crippen LogP contribution in [0, 0.1) is 6.92 Å². The van der Waals surface area contributed by atoms with Crippen LogP contribution in [0.5, 0.6) is 0 Å². The molecule has 0 aliphatic rings. The summed E-state index contributed by atoms with van der Waals surface area (Å²) in [4.78, 5) is 28.4. The lowest BCUT2D eigenvalue weighted by Crippen LogP contribution is -2.28. The van der Waals surface area contributed by atoms with Gasteiger partial charge in [-0.3, -0.25) is 4.79 Å². The minimum atomic E-state index is -1.01. The Balaban J connectivity index is 1.88. The van der Waals surface area contributed by atoms with Crippen molar-refractivity contribution in [3.8, 4) is 0 Å². The summed E-state index contributed by atoms with van der Waals surface area (Å²) in [5, 5.41) is 16.5. The predicted molar refractivity (Wildman–Crippen MR) is 88.3 cm³/mol. The lowest BCUT2D eigenvalue weighted by molar-refractivity contribution is 0.0698. The number of nitrogens with zero attached hydrogens (tertiary/aromatic N) is 2. The number of fused-ring (bicyclic) bond motifs is 1. The van der Waals surface area contributed by atoms with E-state index in [2.05, 4.69) is 15.5 Å². The normalized spacial score (nSPS) is 12.2. The molecule has 0 saturated heterocycles. The molecule has 124 valence electrons. The van der Waals surface area contributed by atoms with Gasteiger partial charge in [0.15, 0.2) is 5.82 Å². The van der Waals surface area contributed by atoms with E-state index in [-0.39, 0.29) is 17.5 Å². The van der Waals surface area contributed by atoms with Gasteiger partial charge in [0.05, 0.1) is 16.5 Å². The van der Waals surface area contributed by atoms with E-state index in [1.54, 1.807) is 25.1 Å². The number of carbonyl (C=O) groups excluding carboxylic acids is 1. The Morgan fingerprint density at radius 2 is 2.21 bits per heavy atom. The molecule has 2 aromatic heterocycles. The molecule has 1 atom stereocenters. The Hall–Kier alpha value is -2.74. The first-order valence-corrected chi connectivity index (χ1v) is 8.18. The lowest BCUT2D eigenvalue weighted by atomic mass is 10.1. The first-order chi connectivity index (χ1) is 11.5. The van der Waals surface area contributed by atoms with Crippen molar-refractivity contribution in [3.63, 3.8) is 0 Å². The fourth-order valence-electron chi connectivity index (χ4n) is 2.39. The van der Waals surface area contributed by atoms with Gasteiger partial charge in [0.1, 0.15) is 0 Å². The van der Waals surface area contributed by atoms with E-state index in [4.69, 9.17) is 4.52 Å². The Labute approximate surface area is 141 Å². The van der Waals surface area contributed by atoms with Crippen LogP contribution < -0.4 is 5.32 Å². The van der Waals surface area contributed by atoms with Crippen LogP contribution >= 0.6 is 11.3 Å². The Morgan fingerprint density at radius 3 is 2.83 bits per heavy atom. The molecule has 1 amide bonds. The third-order valence-electron chi connectivity index (χ3n) is 3.58. The van der Waals surface area contributed by atoms with E-state index in [9.17, 15) is 14.7 Å². The lowest BCUT2D eigenvalue weighted by Gasteiger charge is -2.11. The van der Waals surface area contributed by atoms with Crippen molar-refractivity contribution in [3.05, 3.63) is 46.4 Å². The number of nitrogens with one attached hydrogen (secondary N) is 1. The number of hydrogen-bond donors (Lipinski definition) is 2. The molecule has 1 aromatic carbocycles. The van der Waals surface area contributed by atoms with Gasteiger partial charge in [-0.2, -0.15) is 4.98 Å². The SMILES string of the molecule is CCC(NC(=O)c1cc2c(C(=O)O)cccc2s1)c1noc(C)n1. The summed E-state index contributed by atoms with van der Waals surface area (Å²) in [6, 6.07) is 6.23. The zero-order valence-electron chi connectivity index (χ0n) is 13.1. The van der Waals surface area contributed by atoms with Crippen molar-refractivity contribution >= 4 is 33.3 Å². The highest BCUT2D eigenvalue weighted by atomic mass is 32.1. The third-order valence-corrected chi connectivity index (χ3v) is 4.68. The number of aryl methyl sites for hydroxylation is 1. The molecule has 3 rings (SSSR count). The minimum absolute atomic E-state index is 0.184. The Bertz CT molecular complexity index is 915. The number of carbonyl (C=O) groups is 2. The van der Waals surface area contributed by atoms with E-state index >= 15 is 0 Å². The van der Waals surface area contributed by atoms with Crippen molar-refractivity contribution in [1.82, 2.24) is 15.5 Å². The molecular weight excluding hydrogens is 330 g/mol. The molecule has 2 heterocycles. The summed E-state index contributed by atoms with van der Waals surface area (Å²) in [7, 11) is 0. The fourth-order valence-corrected chi connectivity index (χ4v) is 3.39. The zero-order valence-corrected chi connectivity index (χ0v) is 13.9. The number of carboxylic acids is 1. The van der Waals surface area contributed by atoms with Crippen LogP contribution in [0.3, 0.4) is 0 Å². The van der Waals surface area contributed by atoms with E-state index in [1.807, 2.05) is 6.92 Å². The molecule has 24 heavy (non-hydrogen) atoms. The Morgan fingerprint density at radius 1 is 1.42 bits per heavy atom. The van der Waals surface area contributed by atoms with Crippen molar-refractivity contribution < 1.29 is 19.2 Å². The largest absolute Gasteiger partial charge is 0.478 e. The van der Waals surface area contributed by atoms with Crippen LogP contribution in [0.1, 0.15) is 51.1 Å². The van der Waals surface area contributed by atoms with E-state index in [0.717, 1.165) is 4.70 Å². The quantitative estimate of drug-likeness (QED) is 0.736. The maximum atomic E-state index is 12.5. The highest BCUT2D eigenvalue weighted by Crippen LogP contribution is 2.29. The van der Waals surface area contributed by atoms with E-state index in [1.165, 1.54) is 17.4 Å². The van der Waals surface area contributed by atoms with Gasteiger partial charge < -0.3 is 14.9 Å². The van der Waals surface area contributed by atoms with Gasteiger partial charge in [-0.15, -0.1) is 11.3 Å². The van der Waals surface area contributed by atoms with Gasteiger partial charge >= 0.3 is 5.97 Å². The summed E-state index contributed by atoms with van der Waals surface area (Å²) < 4.78 is 5.70. The van der Waals surface area contributed by atoms with Gasteiger partial charge in [0, 0.05) is 17.0 Å². The maximum absolute atomic E-state index is 12.5. The van der Waals surface area contributed by atoms with Crippen molar-refractivity contribution in [2.45, 2.75) is 26.3 Å². The highest BCUT2D eigenvalue weighted by molar-refractivity contribution is 7.20. The summed E-state index contributed by atoms with van der Waals surface area (Å²) in [6.07, 6.45) is 0.607. The van der Waals surface area contributed by atoms with Gasteiger partial charge in [-0.05, 0) is 24.6 Å². The van der Waals surface area contributed by atoms with Crippen LogP contribution in [0.25, 0.3) is 10.1 Å². The topological polar surface area (TPSA) is 105 Å². The smallest absolute Gasteiger partial charge is 0.336 e. The second kappa shape index (κ2) is 6.40. The molecule has 8 heteroatoms. The van der Waals surface area contributed by atoms with Crippen LogP contribution in [0.4, 0.5) is 0 Å². The molecule has 0 aliphatic heterocycles. The molecule has 2 N–H and O–H groups in total. The third kappa shape index (κ3) is 3.00. The van der Waals surface area contributed by atoms with Crippen molar-refractivity contribution in [2.24, 2.45) is 0 Å². The first-order valence-electron chi connectivity index (χ1n) is 7.36. The summed E-state index contributed by atoms with van der Waals surface area (Å²) in [5.41, 5.74) is 0.184. The number of aromatic carboxylic acids is 1. The average molecular weight is 345 g/mol. The molecule has 1 unspecified atom stereocenters. The number of benzene rings is 1. The molecule has 3 aromatic rings. The van der Waals surface area contributed by atoms with E-state index < -0.39 is 5.97 Å². The molecule has 0 radical (unpaired) electrons. The number of carboxylic acid groups (broad SMARTS) is 1. The molecular formula is C16H15N3O4S. The molecule has 0 spiro atoms. The van der Waals surface area contributed by atoms with Gasteiger partial charge in [-0.25, -0.2) is 4.79 Å². The van der Waals surface area contributed by atoms with Crippen LogP contribution in [0.15, 0.2) is 28.8 Å². The predicted octanol–water partition coefficient (Wildman–Crippen LogP) is 3.17. The van der Waals surface area contributed by atoms with Crippen LogP contribution in [-0.2, 0) is 0 Å². The van der Waals surface area contributed by atoms with Crippen molar-refractivity contribution in [2.75, 3.05) is 0 Å². The molecule has 0 bridgehead atoms. The first kappa shape index (κ1) is 16.1. The number of aromatic nitrogens is 2. The highest BCUT2D eigenvalue weighted by Gasteiger charge is 2.21. The average Bonchev–Trinajstić information content (AvgIpc) is 3.17. The van der Waals surface area contributed by atoms with E-state index in [0.29, 0.717) is 28.4 Å². The number of amides is 1. The monoisotopic (exact) mass is 345 g/mol. The maximum Gasteiger partial charge on any atom is 0.336 e. The second-order valence-corrected chi connectivity index (χ2v) is 6.32. The molecule has 0 fully saturated rings. The molecule has 7 nitrogen and oxygen atoms in total. The van der Waals surface area contributed by atoms with Gasteiger partial charge in [0.25, 0.3) is 5.91 Å². The number of hydrogen-bond acceptors (Lipinski definition) is 6. The summed E-state index contributed by atoms with van der Waals surface area (Å²) in [5.74, 6) is -0.442. The minimum Gasteiger partial charge on any atom is -0.478 e. The van der Waals surface area contributed by atoms with Crippen molar-refractivity contribution in [1.29, 1.82) is 0 Å². The molecule has 0 aliphatic carbocycles. The number of thiophene rings is 1. The summed E-state index contributed by atoms with van der Waals surface area (Å²) >= 11 is 1.25. The van der Waals surface area contributed by atoms with Crippen LogP contribution in [-0.4, -0.2) is 27.1 Å². The number of rotatable bonds is 5. The zero-order chi connectivity index (χ0) is 17.3. The van der Waals surface area contributed by atoms with Crippen LogP contribution in [0.2, 0.25) is 0 Å². The second-order valence-electron chi connectivity index (χ2n) is 5.24. The Kier molecular flexibility index (Phi) is 4.30.